The lowest BCUT2D eigenvalue weighted by Crippen LogP contribution is -2.39. The summed E-state index contributed by atoms with van der Waals surface area (Å²) in [5, 5.41) is 6.82. The Morgan fingerprint density at radius 2 is 2.15 bits per heavy atom. The van der Waals surface area contributed by atoms with Gasteiger partial charge in [0.1, 0.15) is 0 Å². The molecule has 3 heterocycles. The van der Waals surface area contributed by atoms with Crippen LogP contribution in [0.5, 0.6) is 11.5 Å². The molecular weight excluding hydrogens is 346 g/mol. The van der Waals surface area contributed by atoms with Crippen molar-refractivity contribution in [1.82, 2.24) is 15.4 Å². The molecule has 2 aliphatic heterocycles. The molecule has 1 N–H and O–H groups in total. The van der Waals surface area contributed by atoms with Crippen molar-refractivity contribution in [1.29, 1.82) is 0 Å². The van der Waals surface area contributed by atoms with Crippen LogP contribution in [0.1, 0.15) is 43.1 Å². The number of amides is 1. The number of hydrogen-bond donors (Lipinski definition) is 1. The number of fused-ring (bicyclic) bond motifs is 1. The standard InChI is InChI=1S/C20H25N3O4/c1-14-5-2-3-9-23(14)10-4-8-21-20(24)16-12-18(27-22-16)15-6-7-17-19(11-15)26-13-25-17/h6-7,11-12,14H,2-5,8-10,13H2,1H3,(H,21,24). The first kappa shape index (κ1) is 17.9. The minimum Gasteiger partial charge on any atom is -0.454 e. The molecule has 0 spiro atoms. The highest BCUT2D eigenvalue weighted by Crippen LogP contribution is 2.36. The Hall–Kier alpha value is -2.54. The van der Waals surface area contributed by atoms with Gasteiger partial charge in [-0.05, 0) is 50.9 Å². The third-order valence-electron chi connectivity index (χ3n) is 5.25. The summed E-state index contributed by atoms with van der Waals surface area (Å²) < 4.78 is 16.0. The van der Waals surface area contributed by atoms with Gasteiger partial charge in [0.2, 0.25) is 6.79 Å². The summed E-state index contributed by atoms with van der Waals surface area (Å²) in [4.78, 5) is 14.8. The highest BCUT2D eigenvalue weighted by molar-refractivity contribution is 5.93. The van der Waals surface area contributed by atoms with Crippen LogP contribution < -0.4 is 14.8 Å². The molecule has 144 valence electrons. The summed E-state index contributed by atoms with van der Waals surface area (Å²) in [5.74, 6) is 1.69. The number of carbonyl (C=O) groups excluding carboxylic acids is 1. The van der Waals surface area contributed by atoms with Crippen LogP contribution in [-0.4, -0.2) is 48.4 Å². The van der Waals surface area contributed by atoms with E-state index in [-0.39, 0.29) is 18.4 Å². The number of rotatable bonds is 6. The molecule has 1 aromatic heterocycles. The van der Waals surface area contributed by atoms with Crippen LogP contribution in [0, 0.1) is 0 Å². The van der Waals surface area contributed by atoms with Crippen molar-refractivity contribution < 1.29 is 18.8 Å². The fraction of sp³-hybridized carbons (Fsp3) is 0.500. The highest BCUT2D eigenvalue weighted by Gasteiger charge is 2.19. The maximum atomic E-state index is 12.3. The molecule has 7 heteroatoms. The maximum absolute atomic E-state index is 12.3. The van der Waals surface area contributed by atoms with Crippen LogP contribution in [0.3, 0.4) is 0 Å². The van der Waals surface area contributed by atoms with E-state index in [0.717, 1.165) is 25.1 Å². The molecule has 0 bridgehead atoms. The number of ether oxygens (including phenoxy) is 2. The second-order valence-corrected chi connectivity index (χ2v) is 7.13. The van der Waals surface area contributed by atoms with Gasteiger partial charge in [0.05, 0.1) is 0 Å². The van der Waals surface area contributed by atoms with Crippen LogP contribution in [-0.2, 0) is 0 Å². The van der Waals surface area contributed by atoms with Crippen molar-refractivity contribution in [3.63, 3.8) is 0 Å². The van der Waals surface area contributed by atoms with E-state index in [4.69, 9.17) is 14.0 Å². The first-order valence-electron chi connectivity index (χ1n) is 9.60. The van der Waals surface area contributed by atoms with Gasteiger partial charge in [-0.3, -0.25) is 4.79 Å². The van der Waals surface area contributed by atoms with Crippen molar-refractivity contribution in [2.45, 2.75) is 38.6 Å². The Morgan fingerprint density at radius 3 is 3.04 bits per heavy atom. The monoisotopic (exact) mass is 371 g/mol. The molecule has 1 aromatic carbocycles. The number of piperidine rings is 1. The number of nitrogens with zero attached hydrogens (tertiary/aromatic N) is 2. The van der Waals surface area contributed by atoms with Gasteiger partial charge in [-0.15, -0.1) is 0 Å². The second-order valence-electron chi connectivity index (χ2n) is 7.13. The van der Waals surface area contributed by atoms with Gasteiger partial charge in [0, 0.05) is 30.8 Å². The molecule has 1 unspecified atom stereocenters. The van der Waals surface area contributed by atoms with Crippen LogP contribution in [0.15, 0.2) is 28.8 Å². The summed E-state index contributed by atoms with van der Waals surface area (Å²) in [6.07, 6.45) is 4.81. The van der Waals surface area contributed by atoms with E-state index >= 15 is 0 Å². The van der Waals surface area contributed by atoms with Crippen LogP contribution in [0.2, 0.25) is 0 Å². The van der Waals surface area contributed by atoms with E-state index in [1.807, 2.05) is 18.2 Å². The van der Waals surface area contributed by atoms with Gasteiger partial charge >= 0.3 is 0 Å². The van der Waals surface area contributed by atoms with Gasteiger partial charge in [0.15, 0.2) is 23.0 Å². The topological polar surface area (TPSA) is 76.8 Å². The largest absolute Gasteiger partial charge is 0.454 e. The lowest BCUT2D eigenvalue weighted by atomic mass is 10.0. The van der Waals surface area contributed by atoms with E-state index < -0.39 is 0 Å². The quantitative estimate of drug-likeness (QED) is 0.787. The normalized spacial score (nSPS) is 19.2. The summed E-state index contributed by atoms with van der Waals surface area (Å²) in [6, 6.07) is 7.80. The Bertz CT molecular complexity index is 804. The lowest BCUT2D eigenvalue weighted by molar-refractivity contribution is 0.0940. The van der Waals surface area contributed by atoms with Gasteiger partial charge in [-0.2, -0.15) is 0 Å². The third-order valence-corrected chi connectivity index (χ3v) is 5.25. The minimum absolute atomic E-state index is 0.211. The van der Waals surface area contributed by atoms with Crippen LogP contribution >= 0.6 is 0 Å². The molecular formula is C20H25N3O4. The SMILES string of the molecule is CC1CCCCN1CCCNC(=O)c1cc(-c2ccc3c(c2)OCO3)on1. The number of likely N-dealkylation sites (tertiary alicyclic amines) is 1. The molecule has 27 heavy (non-hydrogen) atoms. The Kier molecular flexibility index (Phi) is 5.29. The summed E-state index contributed by atoms with van der Waals surface area (Å²) in [5.41, 5.74) is 1.08. The fourth-order valence-electron chi connectivity index (χ4n) is 3.63. The molecule has 1 fully saturated rings. The molecule has 1 atom stereocenters. The molecule has 0 radical (unpaired) electrons. The average Bonchev–Trinajstić information content (AvgIpc) is 3.35. The molecule has 1 saturated heterocycles. The predicted molar refractivity (Wildman–Crippen MR) is 99.9 cm³/mol. The highest BCUT2D eigenvalue weighted by atomic mass is 16.7. The molecule has 1 amide bonds. The first-order chi connectivity index (χ1) is 13.2. The van der Waals surface area contributed by atoms with Crippen molar-refractivity contribution in [2.75, 3.05) is 26.4 Å². The first-order valence-corrected chi connectivity index (χ1v) is 9.60. The molecule has 2 aromatic rings. The Morgan fingerprint density at radius 1 is 1.26 bits per heavy atom. The molecule has 2 aliphatic rings. The maximum Gasteiger partial charge on any atom is 0.273 e. The van der Waals surface area contributed by atoms with E-state index in [2.05, 4.69) is 22.3 Å². The Balaban J connectivity index is 1.28. The number of benzene rings is 1. The summed E-state index contributed by atoms with van der Waals surface area (Å²) >= 11 is 0. The predicted octanol–water partition coefficient (Wildman–Crippen LogP) is 3.06. The second kappa shape index (κ2) is 8.00. The average molecular weight is 371 g/mol. The molecule has 4 rings (SSSR count). The van der Waals surface area contributed by atoms with E-state index in [9.17, 15) is 4.79 Å². The van der Waals surface area contributed by atoms with E-state index in [1.165, 1.54) is 19.3 Å². The molecule has 0 aliphatic carbocycles. The van der Waals surface area contributed by atoms with Crippen molar-refractivity contribution in [3.05, 3.63) is 30.0 Å². The van der Waals surface area contributed by atoms with Crippen molar-refractivity contribution in [3.8, 4) is 22.8 Å². The van der Waals surface area contributed by atoms with Crippen molar-refractivity contribution >= 4 is 5.91 Å². The van der Waals surface area contributed by atoms with Gasteiger partial charge in [-0.25, -0.2) is 0 Å². The molecule has 0 saturated carbocycles. The van der Waals surface area contributed by atoms with Gasteiger partial charge in [-0.1, -0.05) is 11.6 Å². The smallest absolute Gasteiger partial charge is 0.273 e. The van der Waals surface area contributed by atoms with Gasteiger partial charge < -0.3 is 24.2 Å². The van der Waals surface area contributed by atoms with Gasteiger partial charge in [0.25, 0.3) is 5.91 Å². The Labute approximate surface area is 158 Å². The fourth-order valence-corrected chi connectivity index (χ4v) is 3.63. The van der Waals surface area contributed by atoms with E-state index in [1.54, 1.807) is 6.07 Å². The zero-order valence-corrected chi connectivity index (χ0v) is 15.6. The molecule has 7 nitrogen and oxygen atoms in total. The van der Waals surface area contributed by atoms with E-state index in [0.29, 0.717) is 29.8 Å². The number of carbonyl (C=O) groups is 1. The van der Waals surface area contributed by atoms with Crippen molar-refractivity contribution in [2.24, 2.45) is 0 Å². The number of hydrogen-bond acceptors (Lipinski definition) is 6. The minimum atomic E-state index is -0.211. The third kappa shape index (κ3) is 4.08. The number of aromatic nitrogens is 1. The zero-order valence-electron chi connectivity index (χ0n) is 15.6. The van der Waals surface area contributed by atoms with Crippen LogP contribution in [0.4, 0.5) is 0 Å². The summed E-state index contributed by atoms with van der Waals surface area (Å²) in [7, 11) is 0. The zero-order chi connectivity index (χ0) is 18.6. The number of nitrogens with one attached hydrogen (secondary N) is 1. The summed E-state index contributed by atoms with van der Waals surface area (Å²) in [6.45, 7) is 5.32. The lowest BCUT2D eigenvalue weighted by Gasteiger charge is -2.33. The van der Waals surface area contributed by atoms with Crippen LogP contribution in [0.25, 0.3) is 11.3 Å².